The Bertz CT molecular complexity index is 638. The maximum atomic E-state index is 12.6. The summed E-state index contributed by atoms with van der Waals surface area (Å²) in [7, 11) is 0. The van der Waals surface area contributed by atoms with Crippen LogP contribution in [-0.4, -0.2) is 50.6 Å². The van der Waals surface area contributed by atoms with E-state index < -0.39 is 0 Å². The highest BCUT2D eigenvalue weighted by Gasteiger charge is 2.38. The van der Waals surface area contributed by atoms with E-state index in [4.69, 9.17) is 0 Å². The van der Waals surface area contributed by atoms with E-state index in [-0.39, 0.29) is 23.8 Å². The monoisotopic (exact) mass is 331 g/mol. The number of carbonyl (C=O) groups excluding carboxylic acids is 2. The molecule has 0 spiro atoms. The fourth-order valence-corrected chi connectivity index (χ4v) is 3.82. The van der Waals surface area contributed by atoms with Crippen LogP contribution >= 0.6 is 0 Å². The van der Waals surface area contributed by atoms with Gasteiger partial charge < -0.3 is 14.8 Å². The van der Waals surface area contributed by atoms with Crippen molar-refractivity contribution in [3.05, 3.63) is 11.6 Å². The minimum Gasteiger partial charge on any atom is -0.351 e. The summed E-state index contributed by atoms with van der Waals surface area (Å²) >= 11 is 0. The van der Waals surface area contributed by atoms with Crippen LogP contribution in [0.2, 0.25) is 0 Å². The van der Waals surface area contributed by atoms with Crippen LogP contribution in [-0.2, 0) is 29.0 Å². The smallest absolute Gasteiger partial charge is 0.225 e. The Kier molecular flexibility index (Phi) is 4.02. The number of carbonyl (C=O) groups is 2. The Balaban J connectivity index is 1.34. The average Bonchev–Trinajstić information content (AvgIpc) is 3.18. The van der Waals surface area contributed by atoms with Gasteiger partial charge in [0.25, 0.3) is 0 Å². The molecule has 0 aromatic carbocycles. The standard InChI is InChI=1S/C17H25N5O2/c1-2-14-19-20-15-6-5-13(10-22(14)15)18-17(24)12-7-16(23)21(9-12)8-11-3-4-11/h11-13H,2-10H2,1H3,(H,18,24)/t12-,13+/m0/s1. The van der Waals surface area contributed by atoms with Crippen molar-refractivity contribution in [2.24, 2.45) is 11.8 Å². The summed E-state index contributed by atoms with van der Waals surface area (Å²) in [6.07, 6.45) is 5.40. The van der Waals surface area contributed by atoms with E-state index in [0.29, 0.717) is 18.9 Å². The predicted octanol–water partition coefficient (Wildman–Crippen LogP) is 0.530. The molecular formula is C17H25N5O2. The maximum Gasteiger partial charge on any atom is 0.225 e. The number of hydrogen-bond acceptors (Lipinski definition) is 4. The van der Waals surface area contributed by atoms with Crippen molar-refractivity contribution in [2.75, 3.05) is 13.1 Å². The Morgan fingerprint density at radius 2 is 2.08 bits per heavy atom. The minimum absolute atomic E-state index is 0.0289. The third-order valence-electron chi connectivity index (χ3n) is 5.45. The fourth-order valence-electron chi connectivity index (χ4n) is 3.82. The molecule has 2 atom stereocenters. The van der Waals surface area contributed by atoms with Crippen LogP contribution in [0.3, 0.4) is 0 Å². The van der Waals surface area contributed by atoms with Gasteiger partial charge in [-0.15, -0.1) is 10.2 Å². The largest absolute Gasteiger partial charge is 0.351 e. The molecule has 2 amide bonds. The molecule has 130 valence electrons. The Morgan fingerprint density at radius 1 is 1.25 bits per heavy atom. The highest BCUT2D eigenvalue weighted by molar-refractivity contribution is 5.89. The van der Waals surface area contributed by atoms with Gasteiger partial charge in [-0.05, 0) is 25.2 Å². The molecule has 1 aromatic rings. The van der Waals surface area contributed by atoms with E-state index in [0.717, 1.165) is 44.0 Å². The zero-order valence-corrected chi connectivity index (χ0v) is 14.2. The lowest BCUT2D eigenvalue weighted by atomic mass is 10.0. The molecule has 24 heavy (non-hydrogen) atoms. The number of fused-ring (bicyclic) bond motifs is 1. The highest BCUT2D eigenvalue weighted by atomic mass is 16.2. The molecule has 2 fully saturated rings. The summed E-state index contributed by atoms with van der Waals surface area (Å²) in [6.45, 7) is 4.24. The SMILES string of the molecule is CCc1nnc2n1C[C@H](NC(=O)[C@H]1CC(=O)N(CC3CC3)C1)CC2. The number of aromatic nitrogens is 3. The van der Waals surface area contributed by atoms with Gasteiger partial charge in [-0.3, -0.25) is 9.59 Å². The Morgan fingerprint density at radius 3 is 2.83 bits per heavy atom. The number of hydrogen-bond donors (Lipinski definition) is 1. The number of nitrogens with one attached hydrogen (secondary N) is 1. The second-order valence-electron chi connectivity index (χ2n) is 7.38. The van der Waals surface area contributed by atoms with E-state index in [2.05, 4.69) is 27.0 Å². The summed E-state index contributed by atoms with van der Waals surface area (Å²) in [6, 6.07) is 0.110. The molecule has 1 aromatic heterocycles. The Hall–Kier alpha value is -1.92. The van der Waals surface area contributed by atoms with Crippen LogP contribution in [0.1, 0.15) is 44.3 Å². The molecule has 7 nitrogen and oxygen atoms in total. The molecular weight excluding hydrogens is 306 g/mol. The maximum absolute atomic E-state index is 12.6. The molecule has 0 bridgehead atoms. The molecule has 3 aliphatic rings. The first-order valence-corrected chi connectivity index (χ1v) is 9.13. The first-order chi connectivity index (χ1) is 11.6. The van der Waals surface area contributed by atoms with Crippen molar-refractivity contribution >= 4 is 11.8 Å². The van der Waals surface area contributed by atoms with E-state index in [1.165, 1.54) is 12.8 Å². The second-order valence-corrected chi connectivity index (χ2v) is 7.38. The molecule has 4 rings (SSSR count). The first kappa shape index (κ1) is 15.6. The van der Waals surface area contributed by atoms with Crippen LogP contribution in [0.5, 0.6) is 0 Å². The van der Waals surface area contributed by atoms with E-state index in [1.54, 1.807) is 0 Å². The minimum atomic E-state index is -0.191. The van der Waals surface area contributed by atoms with E-state index in [1.807, 2.05) is 4.90 Å². The average molecular weight is 331 g/mol. The molecule has 1 aliphatic carbocycles. The highest BCUT2D eigenvalue weighted by Crippen LogP contribution is 2.32. The summed E-state index contributed by atoms with van der Waals surface area (Å²) in [4.78, 5) is 26.5. The molecule has 0 unspecified atom stereocenters. The topological polar surface area (TPSA) is 80.1 Å². The van der Waals surface area contributed by atoms with Crippen LogP contribution in [0, 0.1) is 11.8 Å². The van der Waals surface area contributed by atoms with Crippen molar-refractivity contribution in [3.8, 4) is 0 Å². The summed E-state index contributed by atoms with van der Waals surface area (Å²) in [5, 5.41) is 11.6. The van der Waals surface area contributed by atoms with Gasteiger partial charge in [0, 0.05) is 44.9 Å². The third kappa shape index (κ3) is 3.03. The van der Waals surface area contributed by atoms with Crippen molar-refractivity contribution in [1.29, 1.82) is 0 Å². The number of likely N-dealkylation sites (tertiary alicyclic amines) is 1. The predicted molar refractivity (Wildman–Crippen MR) is 87.1 cm³/mol. The third-order valence-corrected chi connectivity index (χ3v) is 5.45. The number of rotatable bonds is 5. The van der Waals surface area contributed by atoms with Gasteiger partial charge in [-0.1, -0.05) is 6.92 Å². The summed E-state index contributed by atoms with van der Waals surface area (Å²) < 4.78 is 2.13. The van der Waals surface area contributed by atoms with Gasteiger partial charge in [0.2, 0.25) is 11.8 Å². The lowest BCUT2D eigenvalue weighted by Crippen LogP contribution is -2.44. The lowest BCUT2D eigenvalue weighted by molar-refractivity contribution is -0.129. The van der Waals surface area contributed by atoms with Gasteiger partial charge in [0.15, 0.2) is 0 Å². The molecule has 1 N–H and O–H groups in total. The quantitative estimate of drug-likeness (QED) is 0.853. The Labute approximate surface area is 141 Å². The lowest BCUT2D eigenvalue weighted by Gasteiger charge is -2.26. The van der Waals surface area contributed by atoms with Crippen molar-refractivity contribution in [2.45, 2.75) is 58.0 Å². The summed E-state index contributed by atoms with van der Waals surface area (Å²) in [5.41, 5.74) is 0. The normalized spacial score (nSPS) is 26.5. The molecule has 1 saturated carbocycles. The summed E-state index contributed by atoms with van der Waals surface area (Å²) in [5.74, 6) is 2.65. The van der Waals surface area contributed by atoms with Gasteiger partial charge in [-0.2, -0.15) is 0 Å². The van der Waals surface area contributed by atoms with Gasteiger partial charge >= 0.3 is 0 Å². The molecule has 3 heterocycles. The molecule has 1 saturated heterocycles. The fraction of sp³-hybridized carbons (Fsp3) is 0.765. The number of nitrogens with zero attached hydrogens (tertiary/aromatic N) is 4. The van der Waals surface area contributed by atoms with Gasteiger partial charge in [-0.25, -0.2) is 0 Å². The number of amides is 2. The molecule has 0 radical (unpaired) electrons. The van der Waals surface area contributed by atoms with Crippen LogP contribution in [0.25, 0.3) is 0 Å². The molecule has 2 aliphatic heterocycles. The van der Waals surface area contributed by atoms with Crippen molar-refractivity contribution < 1.29 is 9.59 Å². The van der Waals surface area contributed by atoms with Gasteiger partial charge in [0.1, 0.15) is 11.6 Å². The van der Waals surface area contributed by atoms with Crippen molar-refractivity contribution in [1.82, 2.24) is 25.0 Å². The van der Waals surface area contributed by atoms with E-state index >= 15 is 0 Å². The zero-order chi connectivity index (χ0) is 16.7. The first-order valence-electron chi connectivity index (χ1n) is 9.13. The molecule has 7 heteroatoms. The van der Waals surface area contributed by atoms with Gasteiger partial charge in [0.05, 0.1) is 5.92 Å². The van der Waals surface area contributed by atoms with Crippen LogP contribution in [0.15, 0.2) is 0 Å². The van der Waals surface area contributed by atoms with Crippen molar-refractivity contribution in [3.63, 3.8) is 0 Å². The number of aryl methyl sites for hydroxylation is 2. The zero-order valence-electron chi connectivity index (χ0n) is 14.2. The van der Waals surface area contributed by atoms with Crippen LogP contribution in [0.4, 0.5) is 0 Å². The van der Waals surface area contributed by atoms with E-state index in [9.17, 15) is 9.59 Å². The second kappa shape index (κ2) is 6.18. The van der Waals surface area contributed by atoms with Crippen LogP contribution < -0.4 is 5.32 Å².